The first-order chi connectivity index (χ1) is 7.70. The lowest BCUT2D eigenvalue weighted by molar-refractivity contribution is -0.145. The van der Waals surface area contributed by atoms with Gasteiger partial charge in [-0.15, -0.1) is 0 Å². The summed E-state index contributed by atoms with van der Waals surface area (Å²) in [7, 11) is 0. The number of carboxylic acids is 1. The van der Waals surface area contributed by atoms with Crippen LogP contribution in [0.15, 0.2) is 18.2 Å². The number of carbonyl (C=O) groups is 1. The van der Waals surface area contributed by atoms with Crippen molar-refractivity contribution in [3.63, 3.8) is 0 Å². The largest absolute Gasteiger partial charge is 0.481 e. The Labute approximate surface area is 99.3 Å². The lowest BCUT2D eigenvalue weighted by Gasteiger charge is -2.27. The van der Waals surface area contributed by atoms with E-state index in [1.165, 1.54) is 12.1 Å². The zero-order valence-electron chi connectivity index (χ0n) is 10.1. The normalized spacial score (nSPS) is 13.5. The average Bonchev–Trinajstić information content (AvgIpc) is 2.10. The molecule has 1 aromatic rings. The summed E-state index contributed by atoms with van der Waals surface area (Å²) < 4.78 is 26.0. The molecule has 0 bridgehead atoms. The molecule has 0 fully saturated rings. The maximum atomic E-state index is 13.0. The van der Waals surface area contributed by atoms with E-state index in [-0.39, 0.29) is 6.42 Å². The van der Waals surface area contributed by atoms with Crippen molar-refractivity contribution in [2.75, 3.05) is 0 Å². The lowest BCUT2D eigenvalue weighted by Crippen LogP contribution is -2.30. The van der Waals surface area contributed by atoms with Crippen LogP contribution in [0.25, 0.3) is 0 Å². The van der Waals surface area contributed by atoms with E-state index < -0.39 is 28.9 Å². The van der Waals surface area contributed by atoms with Gasteiger partial charge in [0.25, 0.3) is 0 Å². The fourth-order valence-electron chi connectivity index (χ4n) is 1.73. The minimum absolute atomic E-state index is 0.119. The van der Waals surface area contributed by atoms with Gasteiger partial charge in [0, 0.05) is 6.07 Å². The molecule has 1 rings (SSSR count). The zero-order valence-corrected chi connectivity index (χ0v) is 10.1. The minimum atomic E-state index is -0.956. The van der Waals surface area contributed by atoms with Gasteiger partial charge in [-0.25, -0.2) is 8.78 Å². The van der Waals surface area contributed by atoms with Gasteiger partial charge in [-0.2, -0.15) is 0 Å². The zero-order chi connectivity index (χ0) is 13.2. The van der Waals surface area contributed by atoms with E-state index in [0.717, 1.165) is 6.07 Å². The first kappa shape index (κ1) is 13.6. The molecule has 0 radical (unpaired) electrons. The topological polar surface area (TPSA) is 37.3 Å². The number of halogens is 2. The van der Waals surface area contributed by atoms with Gasteiger partial charge in [-0.1, -0.05) is 20.8 Å². The van der Waals surface area contributed by atoms with Crippen LogP contribution in [0.3, 0.4) is 0 Å². The first-order valence-electron chi connectivity index (χ1n) is 5.38. The molecule has 0 spiro atoms. The Bertz CT molecular complexity index is 402. The van der Waals surface area contributed by atoms with Gasteiger partial charge in [0.05, 0.1) is 5.92 Å². The molecule has 2 nitrogen and oxygen atoms in total. The second-order valence-electron chi connectivity index (χ2n) is 5.24. The van der Waals surface area contributed by atoms with Crippen LogP contribution >= 0.6 is 0 Å². The molecule has 0 aliphatic carbocycles. The summed E-state index contributed by atoms with van der Waals surface area (Å²) in [5.41, 5.74) is -0.0981. The third-order valence-electron chi connectivity index (χ3n) is 2.71. The summed E-state index contributed by atoms with van der Waals surface area (Å²) in [6, 6.07) is 3.12. The smallest absolute Gasteiger partial charge is 0.307 e. The monoisotopic (exact) mass is 242 g/mol. The van der Waals surface area contributed by atoms with Crippen molar-refractivity contribution in [2.24, 2.45) is 11.3 Å². The average molecular weight is 242 g/mol. The SMILES string of the molecule is CC(C)(C)C(Cc1cc(F)cc(F)c1)C(=O)O. The van der Waals surface area contributed by atoms with Gasteiger partial charge in [0.1, 0.15) is 11.6 Å². The summed E-state index contributed by atoms with van der Waals surface area (Å²) in [6.07, 6.45) is 0.119. The van der Waals surface area contributed by atoms with Crippen molar-refractivity contribution in [1.29, 1.82) is 0 Å². The molecular formula is C13H16F2O2. The van der Waals surface area contributed by atoms with Crippen LogP contribution in [0.1, 0.15) is 26.3 Å². The Kier molecular flexibility index (Phi) is 3.86. The molecule has 0 aliphatic rings. The quantitative estimate of drug-likeness (QED) is 0.883. The molecule has 1 N–H and O–H groups in total. The molecule has 1 unspecified atom stereocenters. The molecule has 0 saturated carbocycles. The maximum absolute atomic E-state index is 13.0. The lowest BCUT2D eigenvalue weighted by atomic mass is 9.77. The summed E-state index contributed by atoms with van der Waals surface area (Å²) in [5.74, 6) is -3.00. The van der Waals surface area contributed by atoms with Crippen molar-refractivity contribution < 1.29 is 18.7 Å². The van der Waals surface area contributed by atoms with Crippen molar-refractivity contribution in [3.05, 3.63) is 35.4 Å². The molecule has 0 amide bonds. The van der Waals surface area contributed by atoms with Gasteiger partial charge in [0.2, 0.25) is 0 Å². The van der Waals surface area contributed by atoms with Gasteiger partial charge in [-0.3, -0.25) is 4.79 Å². The molecular weight excluding hydrogens is 226 g/mol. The highest BCUT2D eigenvalue weighted by Crippen LogP contribution is 2.29. The summed E-state index contributed by atoms with van der Waals surface area (Å²) >= 11 is 0. The number of rotatable bonds is 3. The number of benzene rings is 1. The van der Waals surface area contributed by atoms with Crippen LogP contribution in [-0.2, 0) is 11.2 Å². The van der Waals surface area contributed by atoms with Gasteiger partial charge in [-0.05, 0) is 29.5 Å². The fourth-order valence-corrected chi connectivity index (χ4v) is 1.73. The van der Waals surface area contributed by atoms with E-state index in [1.807, 2.05) is 0 Å². The van der Waals surface area contributed by atoms with Crippen LogP contribution in [0.2, 0.25) is 0 Å². The summed E-state index contributed by atoms with van der Waals surface area (Å²) in [4.78, 5) is 11.1. The van der Waals surface area contributed by atoms with E-state index in [0.29, 0.717) is 5.56 Å². The Morgan fingerprint density at radius 3 is 2.06 bits per heavy atom. The van der Waals surface area contributed by atoms with Crippen LogP contribution in [0, 0.1) is 23.0 Å². The van der Waals surface area contributed by atoms with Crippen LogP contribution < -0.4 is 0 Å². The molecule has 1 atom stereocenters. The highest BCUT2D eigenvalue weighted by molar-refractivity contribution is 5.71. The molecule has 0 saturated heterocycles. The Morgan fingerprint density at radius 1 is 1.24 bits per heavy atom. The van der Waals surface area contributed by atoms with E-state index in [4.69, 9.17) is 5.11 Å². The third kappa shape index (κ3) is 3.80. The van der Waals surface area contributed by atoms with Crippen LogP contribution in [-0.4, -0.2) is 11.1 Å². The third-order valence-corrected chi connectivity index (χ3v) is 2.71. The highest BCUT2D eigenvalue weighted by Gasteiger charge is 2.31. The summed E-state index contributed by atoms with van der Waals surface area (Å²) in [5, 5.41) is 9.12. The van der Waals surface area contributed by atoms with Gasteiger partial charge < -0.3 is 5.11 Å². The number of hydrogen-bond donors (Lipinski definition) is 1. The summed E-state index contributed by atoms with van der Waals surface area (Å²) in [6.45, 7) is 5.38. The molecule has 0 aromatic heterocycles. The number of carboxylic acid groups (broad SMARTS) is 1. The number of hydrogen-bond acceptors (Lipinski definition) is 1. The standard InChI is InChI=1S/C13H16F2O2/c1-13(2,3)11(12(16)17)6-8-4-9(14)7-10(15)5-8/h4-5,7,11H,6H2,1-3H3,(H,16,17). The van der Waals surface area contributed by atoms with E-state index in [2.05, 4.69) is 0 Å². The minimum Gasteiger partial charge on any atom is -0.481 e. The molecule has 1 aromatic carbocycles. The van der Waals surface area contributed by atoms with Crippen LogP contribution in [0.5, 0.6) is 0 Å². The van der Waals surface area contributed by atoms with Gasteiger partial charge >= 0.3 is 5.97 Å². The van der Waals surface area contributed by atoms with Crippen molar-refractivity contribution in [3.8, 4) is 0 Å². The highest BCUT2D eigenvalue weighted by atomic mass is 19.1. The fraction of sp³-hybridized carbons (Fsp3) is 0.462. The molecule has 17 heavy (non-hydrogen) atoms. The second kappa shape index (κ2) is 4.82. The Balaban J connectivity index is 2.98. The molecule has 0 aliphatic heterocycles. The molecule has 4 heteroatoms. The van der Waals surface area contributed by atoms with E-state index in [9.17, 15) is 13.6 Å². The van der Waals surface area contributed by atoms with Gasteiger partial charge in [0.15, 0.2) is 0 Å². The van der Waals surface area contributed by atoms with Crippen molar-refractivity contribution >= 4 is 5.97 Å². The predicted octanol–water partition coefficient (Wildman–Crippen LogP) is 3.25. The van der Waals surface area contributed by atoms with Crippen molar-refractivity contribution in [1.82, 2.24) is 0 Å². The molecule has 94 valence electrons. The van der Waals surface area contributed by atoms with Crippen LogP contribution in [0.4, 0.5) is 8.78 Å². The predicted molar refractivity (Wildman–Crippen MR) is 60.6 cm³/mol. The van der Waals surface area contributed by atoms with Crippen molar-refractivity contribution in [2.45, 2.75) is 27.2 Å². The van der Waals surface area contributed by atoms with E-state index >= 15 is 0 Å². The Morgan fingerprint density at radius 2 is 1.71 bits per heavy atom. The first-order valence-corrected chi connectivity index (χ1v) is 5.38. The second-order valence-corrected chi connectivity index (χ2v) is 5.24. The molecule has 0 heterocycles. The maximum Gasteiger partial charge on any atom is 0.307 e. The number of aliphatic carboxylic acids is 1. The van der Waals surface area contributed by atoms with E-state index in [1.54, 1.807) is 20.8 Å². The Hall–Kier alpha value is -1.45.